The molecule has 4 fully saturated rings. The quantitative estimate of drug-likeness (QED) is 0.0264. The van der Waals surface area contributed by atoms with Gasteiger partial charge in [-0.3, -0.25) is 49.4 Å². The van der Waals surface area contributed by atoms with Crippen LogP contribution in [0, 0.1) is 56.3 Å². The van der Waals surface area contributed by atoms with Crippen LogP contribution in [0.1, 0.15) is 223 Å². The van der Waals surface area contributed by atoms with E-state index in [2.05, 4.69) is 56.2 Å². The molecule has 14 aliphatic heterocycles. The standard InChI is InChI=1S/C48H56N4O11S.C40H42N4O10S.C8H16O2/c1-9-10-11-12-23(2)46(55)63-34-17-27-13-14-50-48(29(27)18-33(34)57-7)21-64-45-37-36(44-43(60-22-61-44)25(4)42(37)62-26(5)53)32(20-59-47(48)56)52-31(19-49)30-16-28-15-24(3)41(58-8)40(54)35(28)38(39(45)52)51(30)6;1-17-9-21-10-23-24(13-41)44-25-14-51-39(48)40(22-12-27(49-5)26(46)11-20(22)7-8-42-40)15-55-38(32(44)31(43(23)4)28(21)33(47)34(17)50-6)30-29(25)37-36(52-16-53-37)18(2)35(30)54-19(3)45;1-2-3-4-5-6-7-8(9)10/h15,17-18,23,30-32,38-39,45,50,54H,9-14,16,20-22H2,1-8H3;9,11-12,23-25,31-32,38,42,46-47H,7-8,10,14-16H2,1-6H3;2-7H2,1H3,(H,9,10)/t23?,30-,31-,32-,38+,39?,45+,48+;23-,24-,25-,31+,32?,38+,40+;/m00./s1. The van der Waals surface area contributed by atoms with Crippen molar-refractivity contribution in [2.24, 2.45) is 5.92 Å². The summed E-state index contributed by atoms with van der Waals surface area (Å²) in [4.78, 5) is 88.0. The number of carboxylic acid groups (broad SMARTS) is 1. The number of nitriles is 2. The predicted octanol–water partition coefficient (Wildman–Crippen LogP) is 12.8. The molecule has 6 aromatic rings. The Morgan fingerprint density at radius 1 is 0.543 bits per heavy atom. The lowest BCUT2D eigenvalue weighted by Gasteiger charge is -2.62. The molecule has 0 radical (unpaired) electrons. The van der Waals surface area contributed by atoms with Gasteiger partial charge >= 0.3 is 35.8 Å². The monoisotopic (exact) mass is 1810 g/mol. The Morgan fingerprint density at radius 3 is 1.42 bits per heavy atom. The Bertz CT molecular complexity index is 5580. The van der Waals surface area contributed by atoms with E-state index < -0.39 is 99.8 Å². The highest BCUT2D eigenvalue weighted by Crippen LogP contribution is 2.68. The van der Waals surface area contributed by atoms with Crippen molar-refractivity contribution in [2.75, 3.05) is 93.9 Å². The van der Waals surface area contributed by atoms with Crippen LogP contribution in [0.3, 0.4) is 0 Å². The molecular formula is C96H114N8O23S2. The van der Waals surface area contributed by atoms with Crippen molar-refractivity contribution >= 4 is 59.3 Å². The van der Waals surface area contributed by atoms with E-state index in [1.807, 2.05) is 60.8 Å². The minimum atomic E-state index is -1.42. The Morgan fingerprint density at radius 2 is 0.984 bits per heavy atom. The van der Waals surface area contributed by atoms with Gasteiger partial charge in [0, 0.05) is 114 Å². The molecule has 0 aromatic heterocycles. The van der Waals surface area contributed by atoms with Crippen molar-refractivity contribution in [1.29, 1.82) is 10.5 Å². The summed E-state index contributed by atoms with van der Waals surface area (Å²) in [5.41, 5.74) is 8.74. The zero-order valence-electron chi connectivity index (χ0n) is 75.6. The van der Waals surface area contributed by atoms with E-state index in [9.17, 15) is 49.8 Å². The first-order chi connectivity index (χ1) is 62.0. The van der Waals surface area contributed by atoms with Crippen molar-refractivity contribution in [1.82, 2.24) is 30.2 Å². The number of nitrogens with one attached hydrogen (secondary N) is 2. The molecule has 0 amide bonds. The number of piperazine rings is 2. The number of aliphatic carboxylic acids is 1. The highest BCUT2D eigenvalue weighted by Gasteiger charge is 2.65. The SMILES string of the molecule is CCCCCC(C)C(=O)Oc1cc2c(cc1OC)[C@@]1(CS[C@@H]3c4c(OC(C)=O)c(C)c5c(c4[C@H](COC1=O)N1C3[C@H]3c4c(cc(C)c(OC)c4O)C[C@@H]([C@@H]1C#N)N3C)OCO5)NCC2.CCCCCCCC(=O)O.COc1cc2c(cc1O)CCN[C@]21CS[C@@H]2c3c(OC(C)=O)c(C)c4c(c3[C@H](COC1=O)N1C2[C@H]2c3c(cc(C)c(OC)c3O)C[C@@H]([C@@H]1C#N)N2C)OCO4. The van der Waals surface area contributed by atoms with Gasteiger partial charge in [0.15, 0.2) is 80.1 Å². The number of hydrogen-bond acceptors (Lipinski definition) is 32. The largest absolute Gasteiger partial charge is 0.504 e. The summed E-state index contributed by atoms with van der Waals surface area (Å²) in [6.45, 7) is 16.7. The van der Waals surface area contributed by atoms with E-state index in [0.29, 0.717) is 159 Å². The molecule has 0 saturated carbocycles. The normalized spacial score (nSPS) is 26.5. The molecule has 20 rings (SSSR count). The average Bonchev–Trinajstić information content (AvgIpc) is 1.40. The lowest BCUT2D eigenvalue weighted by Crippen LogP contribution is -2.69. The summed E-state index contributed by atoms with van der Waals surface area (Å²) in [6, 6.07) is 10.7. The second kappa shape index (κ2) is 37.0. The summed E-state index contributed by atoms with van der Waals surface area (Å²) in [5.74, 6) is 0.935. The van der Waals surface area contributed by atoms with E-state index in [1.54, 1.807) is 24.3 Å². The zero-order valence-corrected chi connectivity index (χ0v) is 77.2. The lowest BCUT2D eigenvalue weighted by atomic mass is 9.71. The zero-order chi connectivity index (χ0) is 91.8. The maximum atomic E-state index is 15.1. The van der Waals surface area contributed by atoms with Crippen LogP contribution in [0.4, 0.5) is 0 Å². The van der Waals surface area contributed by atoms with Gasteiger partial charge in [-0.15, -0.1) is 23.5 Å². The number of methoxy groups -OCH3 is 4. The van der Waals surface area contributed by atoms with Crippen LogP contribution in [0.25, 0.3) is 0 Å². The number of carboxylic acids is 1. The molecule has 0 aliphatic carbocycles. The van der Waals surface area contributed by atoms with Gasteiger partial charge in [-0.1, -0.05) is 77.8 Å². The van der Waals surface area contributed by atoms with Crippen LogP contribution in [-0.4, -0.2) is 206 Å². The minimum absolute atomic E-state index is 0.0239. The molecule has 3 unspecified atom stereocenters. The fraction of sp³-hybridized carbons (Fsp3) is 0.542. The maximum absolute atomic E-state index is 15.1. The highest BCUT2D eigenvalue weighted by molar-refractivity contribution is 7.99. The molecule has 31 nitrogen and oxygen atoms in total. The number of benzene rings is 6. The van der Waals surface area contributed by atoms with E-state index in [4.69, 9.17) is 66.7 Å². The van der Waals surface area contributed by atoms with Gasteiger partial charge in [0.25, 0.3) is 0 Å². The van der Waals surface area contributed by atoms with Gasteiger partial charge in [-0.2, -0.15) is 10.5 Å². The summed E-state index contributed by atoms with van der Waals surface area (Å²) in [5, 5.41) is 71.5. The Hall–Kier alpha value is -10.6. The maximum Gasteiger partial charge on any atom is 0.331 e. The second-order valence-electron chi connectivity index (χ2n) is 35.5. The number of carbonyl (C=O) groups excluding carboxylic acids is 5. The smallest absolute Gasteiger partial charge is 0.331 e. The van der Waals surface area contributed by atoms with Gasteiger partial charge in [-0.25, -0.2) is 9.59 Å². The number of hydrogen-bond donors (Lipinski definition) is 6. The van der Waals surface area contributed by atoms with Gasteiger partial charge in [-0.05, 0) is 149 Å². The van der Waals surface area contributed by atoms with Crippen LogP contribution in [-0.2, 0) is 75.0 Å². The minimum Gasteiger partial charge on any atom is -0.504 e. The number of likely N-dealkylation sites (N-methyl/N-ethyl adjacent to an activating group) is 2. The molecule has 14 heterocycles. The summed E-state index contributed by atoms with van der Waals surface area (Å²) in [7, 11) is 10.0. The topological polar surface area (TPSA) is 388 Å². The van der Waals surface area contributed by atoms with Crippen molar-refractivity contribution < 1.29 is 111 Å². The molecule has 6 N–H and O–H groups in total. The average molecular weight is 1810 g/mol. The number of ether oxygens (including phenoxy) is 13. The van der Waals surface area contributed by atoms with E-state index >= 15 is 4.79 Å². The van der Waals surface area contributed by atoms with Gasteiger partial charge < -0.3 is 82.0 Å². The number of carbonyl (C=O) groups is 6. The number of esters is 5. The molecular weight excluding hydrogens is 1700 g/mol. The third-order valence-corrected chi connectivity index (χ3v) is 31.1. The Balaban J connectivity index is 0.000000172. The molecule has 2 spiro atoms. The summed E-state index contributed by atoms with van der Waals surface area (Å²) in [6.07, 6.45) is 11.7. The van der Waals surface area contributed by atoms with E-state index in [1.165, 1.54) is 85.1 Å². The summed E-state index contributed by atoms with van der Waals surface area (Å²) >= 11 is 2.96. The number of fused-ring (bicyclic) bond motifs is 18. The van der Waals surface area contributed by atoms with Crippen LogP contribution >= 0.6 is 23.5 Å². The third kappa shape index (κ3) is 15.5. The lowest BCUT2D eigenvalue weighted by molar-refractivity contribution is -0.158. The van der Waals surface area contributed by atoms with Crippen molar-refractivity contribution in [2.45, 2.75) is 234 Å². The molecule has 15 atom stereocenters. The van der Waals surface area contributed by atoms with Crippen molar-refractivity contribution in [3.05, 3.63) is 125 Å². The number of aromatic hydroxyl groups is 3. The van der Waals surface area contributed by atoms with Crippen LogP contribution < -0.4 is 62.7 Å². The van der Waals surface area contributed by atoms with Gasteiger partial charge in [0.05, 0.1) is 81.2 Å². The van der Waals surface area contributed by atoms with Gasteiger partial charge in [0.1, 0.15) is 36.8 Å². The highest BCUT2D eigenvalue weighted by atomic mass is 32.2. The van der Waals surface area contributed by atoms with Crippen LogP contribution in [0.2, 0.25) is 0 Å². The van der Waals surface area contributed by atoms with Crippen molar-refractivity contribution in [3.63, 3.8) is 0 Å². The van der Waals surface area contributed by atoms with Gasteiger partial charge in [0.2, 0.25) is 13.6 Å². The number of aryl methyl sites for hydroxylation is 2. The molecule has 6 aromatic carbocycles. The molecule has 33 heteroatoms. The van der Waals surface area contributed by atoms with Crippen LogP contribution in [0.5, 0.6) is 80.5 Å². The first-order valence-corrected chi connectivity index (χ1v) is 46.6. The molecule has 14 aliphatic rings. The Kier molecular flexibility index (Phi) is 26.3. The number of thioether (sulfide) groups is 2. The van der Waals surface area contributed by atoms with E-state index in [0.717, 1.165) is 65.5 Å². The van der Waals surface area contributed by atoms with Crippen molar-refractivity contribution in [3.8, 4) is 92.6 Å². The summed E-state index contributed by atoms with van der Waals surface area (Å²) < 4.78 is 78.8. The number of unbranched alkanes of at least 4 members (excludes halogenated alkanes) is 6. The van der Waals surface area contributed by atoms with E-state index in [-0.39, 0.29) is 91.0 Å². The first-order valence-electron chi connectivity index (χ1n) is 44.5. The molecule has 129 heavy (non-hydrogen) atoms. The number of nitrogens with zero attached hydrogens (tertiary/aromatic N) is 6. The third-order valence-electron chi connectivity index (χ3n) is 28.2. The number of rotatable bonds is 18. The second-order valence-corrected chi connectivity index (χ2v) is 37.8. The fourth-order valence-electron chi connectivity index (χ4n) is 22.3. The first kappa shape index (κ1) is 91.7. The Labute approximate surface area is 758 Å². The number of phenolic OH excluding ortho intramolecular Hbond substituents is 3. The predicted molar refractivity (Wildman–Crippen MR) is 474 cm³/mol. The molecule has 688 valence electrons. The number of phenols is 3. The van der Waals surface area contributed by atoms with Crippen LogP contribution in [0.15, 0.2) is 36.4 Å². The molecule has 8 bridgehead atoms. The molecule has 4 saturated heterocycles. The fourth-order valence-corrected chi connectivity index (χ4v) is 25.7.